The van der Waals surface area contributed by atoms with E-state index in [0.717, 1.165) is 0 Å². The van der Waals surface area contributed by atoms with E-state index in [-0.39, 0.29) is 17.7 Å². The molecule has 194 valence electrons. The minimum absolute atomic E-state index is 0.189. The minimum atomic E-state index is -0.774. The molecule has 1 aliphatic heterocycles. The van der Waals surface area contributed by atoms with Crippen LogP contribution in [0.2, 0.25) is 0 Å². The van der Waals surface area contributed by atoms with Crippen molar-refractivity contribution in [3.63, 3.8) is 0 Å². The van der Waals surface area contributed by atoms with Gasteiger partial charge in [0.15, 0.2) is 16.3 Å². The summed E-state index contributed by atoms with van der Waals surface area (Å²) in [6.45, 7) is 3.66. The zero-order valence-corrected chi connectivity index (χ0v) is 22.3. The number of allylic oxidation sites excluding steroid dienone is 1. The lowest BCUT2D eigenvalue weighted by Gasteiger charge is -2.25. The van der Waals surface area contributed by atoms with Gasteiger partial charge >= 0.3 is 5.97 Å². The molecular formula is C27H28N2O7S. The monoisotopic (exact) mass is 524 g/mol. The van der Waals surface area contributed by atoms with Crippen LogP contribution in [0.4, 0.5) is 0 Å². The highest BCUT2D eigenvalue weighted by Crippen LogP contribution is 2.36. The summed E-state index contributed by atoms with van der Waals surface area (Å²) in [4.78, 5) is 32.0. The number of benzene rings is 2. The molecule has 2 aromatic carbocycles. The second kappa shape index (κ2) is 10.9. The van der Waals surface area contributed by atoms with Gasteiger partial charge in [0.05, 0.1) is 56.9 Å². The van der Waals surface area contributed by atoms with Crippen LogP contribution in [-0.4, -0.2) is 45.6 Å². The molecule has 0 spiro atoms. The first-order chi connectivity index (χ1) is 17.9. The highest BCUT2D eigenvalue weighted by molar-refractivity contribution is 7.07. The van der Waals surface area contributed by atoms with E-state index in [1.165, 1.54) is 23.0 Å². The van der Waals surface area contributed by atoms with Crippen LogP contribution in [0.15, 0.2) is 57.5 Å². The van der Waals surface area contributed by atoms with E-state index in [4.69, 9.17) is 23.7 Å². The molecule has 10 heteroatoms. The standard InChI is InChI=1S/C27H28N2O7S/c1-7-36-26(31)23-15(2)28-27-29(24(23)16-8-10-20(34-5)21(13-16)35-6)25(30)22(37-27)14-17-12-18(32-3)9-11-19(17)33-4/h8-14,24H,7H2,1-6H3/b22-14-/t24-/m0/s1. The summed E-state index contributed by atoms with van der Waals surface area (Å²) in [5.41, 5.74) is 1.79. The number of rotatable bonds is 8. The van der Waals surface area contributed by atoms with E-state index in [9.17, 15) is 9.59 Å². The van der Waals surface area contributed by atoms with Crippen molar-refractivity contribution < 1.29 is 28.5 Å². The smallest absolute Gasteiger partial charge is 0.338 e. The maximum atomic E-state index is 13.8. The van der Waals surface area contributed by atoms with E-state index < -0.39 is 12.0 Å². The molecule has 4 rings (SSSR count). The topological polar surface area (TPSA) is 97.6 Å². The van der Waals surface area contributed by atoms with Crippen molar-refractivity contribution in [1.29, 1.82) is 0 Å². The lowest BCUT2D eigenvalue weighted by atomic mass is 9.95. The van der Waals surface area contributed by atoms with Crippen LogP contribution < -0.4 is 33.8 Å². The zero-order valence-electron chi connectivity index (χ0n) is 21.5. The summed E-state index contributed by atoms with van der Waals surface area (Å²) in [6, 6.07) is 9.86. The molecule has 1 aliphatic rings. The van der Waals surface area contributed by atoms with Crippen molar-refractivity contribution in [3.8, 4) is 23.0 Å². The molecule has 0 N–H and O–H groups in total. The molecule has 0 radical (unpaired) electrons. The zero-order chi connectivity index (χ0) is 26.7. The van der Waals surface area contributed by atoms with Crippen molar-refractivity contribution in [2.45, 2.75) is 19.9 Å². The number of methoxy groups -OCH3 is 4. The van der Waals surface area contributed by atoms with E-state index in [1.807, 2.05) is 0 Å². The van der Waals surface area contributed by atoms with Crippen LogP contribution >= 0.6 is 11.3 Å². The molecule has 2 heterocycles. The maximum Gasteiger partial charge on any atom is 0.338 e. The minimum Gasteiger partial charge on any atom is -0.497 e. The largest absolute Gasteiger partial charge is 0.497 e. The summed E-state index contributed by atoms with van der Waals surface area (Å²) in [6.07, 6.45) is 1.74. The third kappa shape index (κ3) is 4.84. The lowest BCUT2D eigenvalue weighted by Crippen LogP contribution is -2.40. The SMILES string of the molecule is CCOC(=O)C1=C(C)N=c2s/c(=C\c3cc(OC)ccc3OC)c(=O)n2[C@H]1c1ccc(OC)c(OC)c1. The van der Waals surface area contributed by atoms with E-state index >= 15 is 0 Å². The Balaban J connectivity index is 1.98. The van der Waals surface area contributed by atoms with Crippen molar-refractivity contribution in [1.82, 2.24) is 4.57 Å². The molecule has 0 fully saturated rings. The van der Waals surface area contributed by atoms with Gasteiger partial charge in [0.1, 0.15) is 11.5 Å². The molecule has 0 aliphatic carbocycles. The van der Waals surface area contributed by atoms with Crippen LogP contribution in [0.25, 0.3) is 6.08 Å². The molecule has 37 heavy (non-hydrogen) atoms. The van der Waals surface area contributed by atoms with E-state index in [2.05, 4.69) is 4.99 Å². The van der Waals surface area contributed by atoms with Crippen LogP contribution in [-0.2, 0) is 9.53 Å². The third-order valence-corrected chi connectivity index (χ3v) is 6.95. The second-order valence-electron chi connectivity index (χ2n) is 8.02. The van der Waals surface area contributed by atoms with E-state index in [0.29, 0.717) is 49.2 Å². The Morgan fingerprint density at radius 2 is 1.70 bits per heavy atom. The van der Waals surface area contributed by atoms with Crippen molar-refractivity contribution in [2.24, 2.45) is 4.99 Å². The highest BCUT2D eigenvalue weighted by atomic mass is 32.1. The molecule has 0 unspecified atom stereocenters. The van der Waals surface area contributed by atoms with Gasteiger partial charge in [0, 0.05) is 5.56 Å². The summed E-state index contributed by atoms with van der Waals surface area (Å²) < 4.78 is 29.0. The first-order valence-corrected chi connectivity index (χ1v) is 12.3. The number of esters is 1. The van der Waals surface area contributed by atoms with Gasteiger partial charge in [0.25, 0.3) is 5.56 Å². The number of nitrogens with zero attached hydrogens (tertiary/aromatic N) is 2. The molecular weight excluding hydrogens is 496 g/mol. The van der Waals surface area contributed by atoms with Gasteiger partial charge in [0.2, 0.25) is 0 Å². The van der Waals surface area contributed by atoms with Crippen molar-refractivity contribution in [3.05, 3.63) is 78.5 Å². The average Bonchev–Trinajstić information content (AvgIpc) is 3.21. The van der Waals surface area contributed by atoms with Crippen LogP contribution in [0.1, 0.15) is 31.0 Å². The molecule has 3 aromatic rings. The Morgan fingerprint density at radius 3 is 2.35 bits per heavy atom. The number of carbonyl (C=O) groups is 1. The third-order valence-electron chi connectivity index (χ3n) is 5.96. The van der Waals surface area contributed by atoms with Crippen LogP contribution in [0.3, 0.4) is 0 Å². The number of carbonyl (C=O) groups excluding carboxylic acids is 1. The van der Waals surface area contributed by atoms with Crippen molar-refractivity contribution in [2.75, 3.05) is 35.0 Å². The number of ether oxygens (including phenoxy) is 5. The second-order valence-corrected chi connectivity index (χ2v) is 9.03. The lowest BCUT2D eigenvalue weighted by molar-refractivity contribution is -0.139. The predicted molar refractivity (Wildman–Crippen MR) is 139 cm³/mol. The highest BCUT2D eigenvalue weighted by Gasteiger charge is 2.34. The van der Waals surface area contributed by atoms with Gasteiger partial charge < -0.3 is 23.7 Å². The van der Waals surface area contributed by atoms with Gasteiger partial charge in [-0.25, -0.2) is 9.79 Å². The number of hydrogen-bond acceptors (Lipinski definition) is 9. The Morgan fingerprint density at radius 1 is 1.00 bits per heavy atom. The number of aromatic nitrogens is 1. The fraction of sp³-hybridized carbons (Fsp3) is 0.296. The maximum absolute atomic E-state index is 13.8. The molecule has 0 bridgehead atoms. The number of hydrogen-bond donors (Lipinski definition) is 0. The Kier molecular flexibility index (Phi) is 7.68. The molecule has 1 atom stereocenters. The number of fused-ring (bicyclic) bond motifs is 1. The van der Waals surface area contributed by atoms with Gasteiger partial charge in [-0.15, -0.1) is 0 Å². The summed E-state index contributed by atoms with van der Waals surface area (Å²) in [7, 11) is 6.21. The van der Waals surface area contributed by atoms with Gasteiger partial charge in [-0.2, -0.15) is 0 Å². The fourth-order valence-electron chi connectivity index (χ4n) is 4.22. The normalized spacial score (nSPS) is 15.1. The molecule has 0 saturated heterocycles. The van der Waals surface area contributed by atoms with E-state index in [1.54, 1.807) is 77.7 Å². The Bertz CT molecular complexity index is 1550. The molecule has 0 saturated carbocycles. The van der Waals surface area contributed by atoms with Gasteiger partial charge in [-0.1, -0.05) is 17.4 Å². The Hall–Kier alpha value is -4.05. The quantitative estimate of drug-likeness (QED) is 0.418. The number of thiazole rings is 1. The van der Waals surface area contributed by atoms with Crippen molar-refractivity contribution >= 4 is 23.4 Å². The molecule has 9 nitrogen and oxygen atoms in total. The van der Waals surface area contributed by atoms with Gasteiger partial charge in [-0.3, -0.25) is 9.36 Å². The van der Waals surface area contributed by atoms with Crippen LogP contribution in [0.5, 0.6) is 23.0 Å². The summed E-state index contributed by atoms with van der Waals surface area (Å²) in [5, 5.41) is 0. The first-order valence-electron chi connectivity index (χ1n) is 11.5. The molecule has 0 amide bonds. The van der Waals surface area contributed by atoms with Crippen LogP contribution in [0, 0.1) is 0 Å². The molecule has 1 aromatic heterocycles. The van der Waals surface area contributed by atoms with Gasteiger partial charge in [-0.05, 0) is 55.8 Å². The fourth-order valence-corrected chi connectivity index (χ4v) is 5.26. The summed E-state index contributed by atoms with van der Waals surface area (Å²) >= 11 is 1.23. The predicted octanol–water partition coefficient (Wildman–Crippen LogP) is 2.83. The Labute approximate surface area is 217 Å². The average molecular weight is 525 g/mol. The summed E-state index contributed by atoms with van der Waals surface area (Å²) in [5.74, 6) is 1.69. The first kappa shape index (κ1) is 26.0.